The van der Waals surface area contributed by atoms with Crippen LogP contribution in [0.4, 0.5) is 31.2 Å². The monoisotopic (exact) mass is 540 g/mol. The summed E-state index contributed by atoms with van der Waals surface area (Å²) < 4.78 is 77.2. The molecule has 1 saturated carbocycles. The molecule has 2 fully saturated rings. The van der Waals surface area contributed by atoms with E-state index in [9.17, 15) is 28.7 Å². The van der Waals surface area contributed by atoms with Gasteiger partial charge in [-0.25, -0.2) is 15.0 Å². The van der Waals surface area contributed by atoms with Crippen molar-refractivity contribution < 1.29 is 28.7 Å². The predicted octanol–water partition coefficient (Wildman–Crippen LogP) is 4.30. The molecule has 0 unspecified atom stereocenters. The van der Waals surface area contributed by atoms with Gasteiger partial charge in [0.05, 0.1) is 41.0 Å². The Morgan fingerprint density at radius 2 is 1.77 bits per heavy atom. The van der Waals surface area contributed by atoms with Crippen molar-refractivity contribution in [3.8, 4) is 0 Å². The second kappa shape index (κ2) is 7.68. The van der Waals surface area contributed by atoms with Crippen molar-refractivity contribution in [1.29, 1.82) is 0 Å². The molecule has 35 heavy (non-hydrogen) atoms. The number of anilines is 2. The van der Waals surface area contributed by atoms with Gasteiger partial charge in [-0.05, 0) is 32.1 Å². The lowest BCUT2D eigenvalue weighted by molar-refractivity contribution is 0.143. The first-order chi connectivity index (χ1) is 16.3. The van der Waals surface area contributed by atoms with Crippen LogP contribution in [0.2, 0.25) is 0 Å². The minimum Gasteiger partial charge on any atom is -0.394 e. The molecule has 194 valence electrons. The fraction of sp³-hybridized carbons (Fsp3) is 0.600. The Morgan fingerprint density at radius 1 is 1.11 bits per heavy atom. The van der Waals surface area contributed by atoms with Gasteiger partial charge in [0.25, 0.3) is 0 Å². The number of aliphatic hydroxyl groups is 1. The molecule has 2 aromatic heterocycles. The van der Waals surface area contributed by atoms with Gasteiger partial charge >= 0.3 is 10.2 Å². The highest BCUT2D eigenvalue weighted by atomic mass is 32.5. The van der Waals surface area contributed by atoms with E-state index < -0.39 is 31.5 Å². The lowest BCUT2D eigenvalue weighted by atomic mass is 9.77. The number of hydrogen-bond acceptors (Lipinski definition) is 8. The quantitative estimate of drug-likeness (QED) is 0.523. The average Bonchev–Trinajstić information content (AvgIpc) is 3.16. The Labute approximate surface area is 201 Å². The van der Waals surface area contributed by atoms with Gasteiger partial charge in [-0.2, -0.15) is 4.98 Å². The van der Waals surface area contributed by atoms with Gasteiger partial charge in [0.1, 0.15) is 21.4 Å². The van der Waals surface area contributed by atoms with Gasteiger partial charge in [-0.15, -0.1) is 0 Å². The number of fused-ring (bicyclic) bond motifs is 1. The normalized spacial score (nSPS) is 24.3. The summed E-state index contributed by atoms with van der Waals surface area (Å²) in [4.78, 5) is 16.9. The Hall–Kier alpha value is -2.13. The van der Waals surface area contributed by atoms with Crippen LogP contribution in [0.15, 0.2) is 22.2 Å². The van der Waals surface area contributed by atoms with Crippen molar-refractivity contribution in [2.24, 2.45) is 0 Å². The molecule has 1 aliphatic carbocycles. The molecule has 1 saturated heterocycles. The summed E-state index contributed by atoms with van der Waals surface area (Å²) >= 11 is 0. The first-order valence-corrected chi connectivity index (χ1v) is 14.5. The standard InChI is InChI=1S/C20H25F5N6O2S2/c21-35(22,23,24,25)14-10-26-17(27-11-14)13-2-7-31(8-3-13)19-28-15-4-9-34(33)16(15)18(29-19)30-20(12-32)5-1-6-20/h10-11,13,32H,1-9,12H2,(H,28,29,30)/t34-/m1/s1. The van der Waals surface area contributed by atoms with Crippen LogP contribution in [0, 0.1) is 0 Å². The van der Waals surface area contributed by atoms with E-state index in [-0.39, 0.29) is 30.7 Å². The molecule has 15 heteroatoms. The minimum atomic E-state index is -9.80. The third-order valence-electron chi connectivity index (χ3n) is 6.91. The fourth-order valence-electron chi connectivity index (χ4n) is 4.66. The highest BCUT2D eigenvalue weighted by molar-refractivity contribution is 8.45. The average molecular weight is 541 g/mol. The van der Waals surface area contributed by atoms with Crippen LogP contribution < -0.4 is 10.2 Å². The molecule has 0 amide bonds. The van der Waals surface area contributed by atoms with Crippen LogP contribution in [0.25, 0.3) is 0 Å². The van der Waals surface area contributed by atoms with Gasteiger partial charge in [0.15, 0.2) is 0 Å². The Kier molecular flexibility index (Phi) is 5.39. The van der Waals surface area contributed by atoms with E-state index in [0.29, 0.717) is 60.5 Å². The van der Waals surface area contributed by atoms with Gasteiger partial charge in [-0.3, -0.25) is 4.21 Å². The van der Waals surface area contributed by atoms with Crippen molar-refractivity contribution in [1.82, 2.24) is 19.9 Å². The molecule has 8 nitrogen and oxygen atoms in total. The molecular formula is C20H25F5N6O2S2. The largest absolute Gasteiger partial charge is 0.394 e. The summed E-state index contributed by atoms with van der Waals surface area (Å²) in [6.07, 6.45) is 4.39. The van der Waals surface area contributed by atoms with Crippen LogP contribution in [-0.2, 0) is 17.2 Å². The van der Waals surface area contributed by atoms with Crippen LogP contribution in [0.3, 0.4) is 0 Å². The van der Waals surface area contributed by atoms with E-state index in [1.54, 1.807) is 0 Å². The smallest absolute Gasteiger partial charge is 0.313 e. The molecule has 4 heterocycles. The fourth-order valence-corrected chi connectivity index (χ4v) is 6.47. The molecule has 2 N–H and O–H groups in total. The molecule has 0 bridgehead atoms. The van der Waals surface area contributed by atoms with Gasteiger partial charge in [-0.1, -0.05) is 19.4 Å². The maximum atomic E-state index is 12.9. The summed E-state index contributed by atoms with van der Waals surface area (Å²) in [5.74, 6) is 1.20. The van der Waals surface area contributed by atoms with Gasteiger partial charge in [0.2, 0.25) is 5.95 Å². The third-order valence-corrected chi connectivity index (χ3v) is 9.47. The van der Waals surface area contributed by atoms with Gasteiger partial charge < -0.3 is 15.3 Å². The topological polar surface area (TPSA) is 104 Å². The molecule has 5 rings (SSSR count). The Bertz CT molecular complexity index is 1160. The zero-order valence-electron chi connectivity index (χ0n) is 18.6. The minimum absolute atomic E-state index is 0.0556. The number of aliphatic hydroxyl groups excluding tert-OH is 1. The van der Waals surface area contributed by atoms with Crippen molar-refractivity contribution in [2.45, 2.75) is 59.8 Å². The lowest BCUT2D eigenvalue weighted by Crippen LogP contribution is -2.49. The molecule has 3 aliphatic rings. The van der Waals surface area contributed by atoms with E-state index in [0.717, 1.165) is 19.3 Å². The van der Waals surface area contributed by atoms with Crippen LogP contribution in [-0.4, -0.2) is 60.2 Å². The number of nitrogens with one attached hydrogen (secondary N) is 1. The Balaban J connectivity index is 1.32. The van der Waals surface area contributed by atoms with E-state index in [1.165, 1.54) is 0 Å². The number of rotatable bonds is 6. The highest BCUT2D eigenvalue weighted by Crippen LogP contribution is 3.01. The summed E-state index contributed by atoms with van der Waals surface area (Å²) in [7, 11) is -11.0. The maximum Gasteiger partial charge on any atom is 0.313 e. The number of aryl methyl sites for hydroxylation is 1. The summed E-state index contributed by atoms with van der Waals surface area (Å²) in [6.45, 7) is 0.869. The van der Waals surface area contributed by atoms with E-state index in [1.807, 2.05) is 4.90 Å². The summed E-state index contributed by atoms with van der Waals surface area (Å²) in [5, 5.41) is 13.2. The lowest BCUT2D eigenvalue weighted by Gasteiger charge is -2.42. The molecular weight excluding hydrogens is 515 g/mol. The van der Waals surface area contributed by atoms with Crippen molar-refractivity contribution in [3.05, 3.63) is 23.9 Å². The third kappa shape index (κ3) is 4.81. The number of halogens is 5. The van der Waals surface area contributed by atoms with E-state index in [2.05, 4.69) is 25.3 Å². The van der Waals surface area contributed by atoms with Crippen molar-refractivity contribution >= 4 is 32.8 Å². The summed E-state index contributed by atoms with van der Waals surface area (Å²) in [6, 6.07) is 0. The molecule has 1 atom stereocenters. The number of piperidine rings is 1. The van der Waals surface area contributed by atoms with Crippen LogP contribution in [0.5, 0.6) is 0 Å². The highest BCUT2D eigenvalue weighted by Gasteiger charge is 2.66. The van der Waals surface area contributed by atoms with Crippen LogP contribution in [0.1, 0.15) is 49.5 Å². The molecule has 2 aromatic rings. The summed E-state index contributed by atoms with van der Waals surface area (Å²) in [5.41, 5.74) is 0.234. The number of hydrogen-bond donors (Lipinski definition) is 2. The second-order valence-corrected chi connectivity index (χ2v) is 13.3. The zero-order chi connectivity index (χ0) is 25.1. The first kappa shape index (κ1) is 24.6. The molecule has 2 aliphatic heterocycles. The molecule has 0 radical (unpaired) electrons. The van der Waals surface area contributed by atoms with Crippen molar-refractivity contribution in [3.63, 3.8) is 0 Å². The van der Waals surface area contributed by atoms with E-state index >= 15 is 0 Å². The number of nitrogens with zero attached hydrogens (tertiary/aromatic N) is 5. The Morgan fingerprint density at radius 3 is 2.31 bits per heavy atom. The predicted molar refractivity (Wildman–Crippen MR) is 122 cm³/mol. The van der Waals surface area contributed by atoms with E-state index in [4.69, 9.17) is 0 Å². The zero-order valence-corrected chi connectivity index (χ0v) is 20.2. The number of aromatic nitrogens is 4. The SMILES string of the molecule is O=[S@@]1CCc2nc(N3CCC(c4ncc(S(F)(F)(F)(F)F)cn4)CC3)nc(NC3(CO)CCC3)c21. The molecule has 0 aromatic carbocycles. The molecule has 0 spiro atoms. The second-order valence-electron chi connectivity index (χ2n) is 9.37. The van der Waals surface area contributed by atoms with Crippen LogP contribution >= 0.6 is 10.2 Å². The van der Waals surface area contributed by atoms with Crippen molar-refractivity contribution in [2.75, 3.05) is 35.7 Å². The first-order valence-electron chi connectivity index (χ1n) is 11.3. The van der Waals surface area contributed by atoms with Gasteiger partial charge in [0, 0.05) is 31.2 Å². The maximum absolute atomic E-state index is 12.9.